The summed E-state index contributed by atoms with van der Waals surface area (Å²) in [5.74, 6) is 0. The van der Waals surface area contributed by atoms with Crippen molar-refractivity contribution in [2.75, 3.05) is 19.6 Å². The summed E-state index contributed by atoms with van der Waals surface area (Å²) in [6.45, 7) is 4.11. The Labute approximate surface area is 74.8 Å². The predicted octanol–water partition coefficient (Wildman–Crippen LogP) is 1.72. The van der Waals surface area contributed by atoms with Crippen LogP contribution in [-0.2, 0) is 0 Å². The maximum absolute atomic E-state index is 12.0. The van der Waals surface area contributed by atoms with Gasteiger partial charge in [-0.15, -0.1) is 0 Å². The van der Waals surface area contributed by atoms with Crippen LogP contribution in [-0.4, -0.2) is 41.6 Å². The van der Waals surface area contributed by atoms with Gasteiger partial charge in [-0.3, -0.25) is 4.90 Å². The van der Waals surface area contributed by atoms with Crippen molar-refractivity contribution in [3.63, 3.8) is 0 Å². The van der Waals surface area contributed by atoms with Crippen LogP contribution >= 0.6 is 0 Å². The lowest BCUT2D eigenvalue weighted by Crippen LogP contribution is -2.37. The highest BCUT2D eigenvalue weighted by atomic mass is 19.4. The first kappa shape index (κ1) is 12.2. The second kappa shape index (κ2) is 5.06. The second-order valence-electron chi connectivity index (χ2n) is 2.51. The van der Waals surface area contributed by atoms with Gasteiger partial charge in [0.1, 0.15) is 0 Å². The molecule has 13 heavy (non-hydrogen) atoms. The molecule has 0 unspecified atom stereocenters. The summed E-state index contributed by atoms with van der Waals surface area (Å²) in [7, 11) is 0. The largest absolute Gasteiger partial charge is 0.433 e. The third kappa shape index (κ3) is 4.12. The molecule has 0 amide bonds. The molecule has 0 fully saturated rings. The van der Waals surface area contributed by atoms with E-state index < -0.39 is 11.9 Å². The highest BCUT2D eigenvalue weighted by Gasteiger charge is 2.36. The Morgan fingerprint density at radius 1 is 1.31 bits per heavy atom. The Morgan fingerprint density at radius 2 is 1.77 bits per heavy atom. The minimum atomic E-state index is -4.54. The van der Waals surface area contributed by atoms with Crippen LogP contribution in [0, 0.1) is 0 Å². The molecule has 0 bridgehead atoms. The summed E-state index contributed by atoms with van der Waals surface area (Å²) < 4.78 is 36.1. The zero-order valence-electron chi connectivity index (χ0n) is 7.60. The molecule has 0 heterocycles. The molecule has 0 rings (SSSR count). The van der Waals surface area contributed by atoms with Gasteiger partial charge in [-0.25, -0.2) is 0 Å². The number of hydrogen-bond donors (Lipinski definition) is 1. The smallest absolute Gasteiger partial charge is 0.411 e. The normalized spacial score (nSPS) is 13.8. The molecule has 3 nitrogen and oxygen atoms in total. The number of oxime groups is 1. The number of alkyl halides is 3. The summed E-state index contributed by atoms with van der Waals surface area (Å²) in [5, 5.41) is 10.4. The van der Waals surface area contributed by atoms with E-state index in [1.165, 1.54) is 4.90 Å². The molecule has 0 aromatic carbocycles. The number of nitrogens with zero attached hydrogens (tertiary/aromatic N) is 2. The molecule has 0 radical (unpaired) electrons. The molecule has 0 aromatic heterocycles. The lowest BCUT2D eigenvalue weighted by molar-refractivity contribution is -0.0636. The van der Waals surface area contributed by atoms with E-state index in [0.29, 0.717) is 13.1 Å². The fourth-order valence-corrected chi connectivity index (χ4v) is 0.837. The van der Waals surface area contributed by atoms with Gasteiger partial charge in [0, 0.05) is 6.54 Å². The molecule has 0 atom stereocenters. The zero-order chi connectivity index (χ0) is 10.5. The minimum absolute atomic E-state index is 0.368. The first-order chi connectivity index (χ1) is 5.95. The van der Waals surface area contributed by atoms with Gasteiger partial charge in [-0.05, 0) is 13.1 Å². The molecule has 0 spiro atoms. The standard InChI is InChI=1S/C7H13F3N2O/c1-3-12(4-2)5-6(11-13)7(8,9)10/h13H,3-5H2,1-2H3/b11-6-. The van der Waals surface area contributed by atoms with Crippen LogP contribution in [0.5, 0.6) is 0 Å². The van der Waals surface area contributed by atoms with Crippen LogP contribution in [0.2, 0.25) is 0 Å². The lowest BCUT2D eigenvalue weighted by atomic mass is 10.3. The van der Waals surface area contributed by atoms with E-state index in [9.17, 15) is 13.2 Å². The molecule has 0 saturated heterocycles. The highest BCUT2D eigenvalue weighted by molar-refractivity contribution is 5.90. The molecule has 6 heteroatoms. The third-order valence-corrected chi connectivity index (χ3v) is 1.72. The van der Waals surface area contributed by atoms with Gasteiger partial charge in [0.05, 0.1) is 0 Å². The van der Waals surface area contributed by atoms with Crippen LogP contribution in [0.3, 0.4) is 0 Å². The van der Waals surface area contributed by atoms with E-state index in [1.54, 1.807) is 13.8 Å². The first-order valence-corrected chi connectivity index (χ1v) is 3.96. The summed E-state index contributed by atoms with van der Waals surface area (Å²) in [6.07, 6.45) is -4.54. The highest BCUT2D eigenvalue weighted by Crippen LogP contribution is 2.17. The van der Waals surface area contributed by atoms with E-state index >= 15 is 0 Å². The molecule has 1 N–H and O–H groups in total. The van der Waals surface area contributed by atoms with Gasteiger partial charge >= 0.3 is 6.18 Å². The van der Waals surface area contributed by atoms with Gasteiger partial charge in [0.2, 0.25) is 0 Å². The number of rotatable bonds is 4. The Kier molecular flexibility index (Phi) is 4.76. The molecule has 0 aliphatic rings. The number of halogens is 3. The SMILES string of the molecule is CCN(CC)C/C(=N/O)C(F)(F)F. The van der Waals surface area contributed by atoms with Gasteiger partial charge in [-0.2, -0.15) is 13.2 Å². The van der Waals surface area contributed by atoms with Crippen molar-refractivity contribution in [3.05, 3.63) is 0 Å². The van der Waals surface area contributed by atoms with E-state index in [-0.39, 0.29) is 6.54 Å². The molecule has 78 valence electrons. The summed E-state index contributed by atoms with van der Waals surface area (Å²) >= 11 is 0. The Hall–Kier alpha value is -0.780. The van der Waals surface area contributed by atoms with Crippen molar-refractivity contribution in [2.45, 2.75) is 20.0 Å². The van der Waals surface area contributed by atoms with Gasteiger partial charge < -0.3 is 5.21 Å². The monoisotopic (exact) mass is 198 g/mol. The minimum Gasteiger partial charge on any atom is -0.411 e. The first-order valence-electron chi connectivity index (χ1n) is 3.96. The average molecular weight is 198 g/mol. The number of hydrogen-bond acceptors (Lipinski definition) is 3. The summed E-state index contributed by atoms with van der Waals surface area (Å²) in [5.41, 5.74) is -1.16. The molecular formula is C7H13F3N2O. The molecule has 0 aromatic rings. The van der Waals surface area contributed by atoms with Crippen LogP contribution in [0.15, 0.2) is 5.16 Å². The maximum Gasteiger partial charge on any atom is 0.433 e. The van der Waals surface area contributed by atoms with E-state index in [0.717, 1.165) is 0 Å². The molecular weight excluding hydrogens is 185 g/mol. The van der Waals surface area contributed by atoms with Gasteiger partial charge in [-0.1, -0.05) is 19.0 Å². The second-order valence-corrected chi connectivity index (χ2v) is 2.51. The van der Waals surface area contributed by atoms with Crippen LogP contribution in [0.4, 0.5) is 13.2 Å². The van der Waals surface area contributed by atoms with Gasteiger partial charge in [0.25, 0.3) is 0 Å². The van der Waals surface area contributed by atoms with Crippen LogP contribution in [0.1, 0.15) is 13.8 Å². The average Bonchev–Trinajstić information content (AvgIpc) is 2.04. The molecule has 0 aliphatic heterocycles. The molecule has 0 aliphatic carbocycles. The quantitative estimate of drug-likeness (QED) is 0.424. The van der Waals surface area contributed by atoms with Crippen LogP contribution < -0.4 is 0 Å². The van der Waals surface area contributed by atoms with Crippen molar-refractivity contribution in [1.82, 2.24) is 4.90 Å². The zero-order valence-corrected chi connectivity index (χ0v) is 7.60. The Bertz CT molecular complexity index is 175. The third-order valence-electron chi connectivity index (χ3n) is 1.72. The fraction of sp³-hybridized carbons (Fsp3) is 0.857. The Balaban J connectivity index is 4.30. The Morgan fingerprint density at radius 3 is 2.00 bits per heavy atom. The van der Waals surface area contributed by atoms with E-state index in [4.69, 9.17) is 5.21 Å². The topological polar surface area (TPSA) is 35.8 Å². The summed E-state index contributed by atoms with van der Waals surface area (Å²) in [4.78, 5) is 1.52. The van der Waals surface area contributed by atoms with Crippen LogP contribution in [0.25, 0.3) is 0 Å². The van der Waals surface area contributed by atoms with Crippen molar-refractivity contribution in [1.29, 1.82) is 0 Å². The maximum atomic E-state index is 12.0. The van der Waals surface area contributed by atoms with Crippen molar-refractivity contribution in [3.8, 4) is 0 Å². The fourth-order valence-electron chi connectivity index (χ4n) is 0.837. The van der Waals surface area contributed by atoms with Crippen molar-refractivity contribution in [2.24, 2.45) is 5.16 Å². The van der Waals surface area contributed by atoms with Crippen molar-refractivity contribution < 1.29 is 18.4 Å². The van der Waals surface area contributed by atoms with Crippen molar-refractivity contribution >= 4 is 5.71 Å². The predicted molar refractivity (Wildman–Crippen MR) is 43.1 cm³/mol. The van der Waals surface area contributed by atoms with E-state index in [2.05, 4.69) is 5.16 Å². The summed E-state index contributed by atoms with van der Waals surface area (Å²) in [6, 6.07) is 0. The van der Waals surface area contributed by atoms with E-state index in [1.807, 2.05) is 0 Å². The van der Waals surface area contributed by atoms with Gasteiger partial charge in [0.15, 0.2) is 5.71 Å². The molecule has 0 saturated carbocycles. The lowest BCUT2D eigenvalue weighted by Gasteiger charge is -2.19.